The van der Waals surface area contributed by atoms with E-state index in [9.17, 15) is 15.8 Å². The molecule has 0 aliphatic heterocycles. The smallest absolute Gasteiger partial charge is 0.191 e. The number of aryl methyl sites for hydroxylation is 1. The van der Waals surface area contributed by atoms with Crippen molar-refractivity contribution in [1.29, 1.82) is 15.8 Å². The monoisotopic (exact) mass is 450 g/mol. The summed E-state index contributed by atoms with van der Waals surface area (Å²) in [6.07, 6.45) is 4.59. The fourth-order valence-corrected chi connectivity index (χ4v) is 5.15. The number of ether oxygens (including phenoxy) is 2. The number of fused-ring (bicyclic) bond motifs is 1. The molecule has 0 spiro atoms. The van der Waals surface area contributed by atoms with Gasteiger partial charge in [-0.25, -0.2) is 0 Å². The molecule has 2 atom stereocenters. The summed E-state index contributed by atoms with van der Waals surface area (Å²) in [5.74, 6) is 0.749. The van der Waals surface area contributed by atoms with Gasteiger partial charge in [0.15, 0.2) is 5.41 Å². The van der Waals surface area contributed by atoms with Crippen LogP contribution in [0, 0.1) is 52.2 Å². The maximum Gasteiger partial charge on any atom is 0.191 e. The van der Waals surface area contributed by atoms with Gasteiger partial charge < -0.3 is 15.2 Å². The van der Waals surface area contributed by atoms with Gasteiger partial charge in [0.25, 0.3) is 0 Å². The first-order valence-corrected chi connectivity index (χ1v) is 11.3. The molecule has 2 aliphatic rings. The molecular weight excluding hydrogens is 424 g/mol. The third-order valence-electron chi connectivity index (χ3n) is 6.88. The Morgan fingerprint density at radius 3 is 2.47 bits per heavy atom. The second-order valence-electron chi connectivity index (χ2n) is 8.78. The summed E-state index contributed by atoms with van der Waals surface area (Å²) in [5.41, 5.74) is 8.69. The lowest BCUT2D eigenvalue weighted by molar-refractivity contribution is 0.294. The zero-order chi connectivity index (χ0) is 24.3. The Morgan fingerprint density at radius 2 is 1.82 bits per heavy atom. The van der Waals surface area contributed by atoms with Crippen molar-refractivity contribution < 1.29 is 9.47 Å². The Balaban J connectivity index is 1.80. The average molecular weight is 451 g/mol. The zero-order valence-corrected chi connectivity index (χ0v) is 19.3. The molecule has 2 aliphatic carbocycles. The molecule has 0 radical (unpaired) electrons. The van der Waals surface area contributed by atoms with Crippen molar-refractivity contribution in [2.24, 2.45) is 17.1 Å². The summed E-state index contributed by atoms with van der Waals surface area (Å²) in [6.45, 7) is 2.28. The molecule has 2 N–H and O–H groups in total. The number of hydrogen-bond donors (Lipinski definition) is 1. The maximum atomic E-state index is 10.2. The van der Waals surface area contributed by atoms with Gasteiger partial charge in [-0.15, -0.1) is 0 Å². The summed E-state index contributed by atoms with van der Waals surface area (Å²) in [4.78, 5) is 0. The molecule has 0 saturated carbocycles. The molecule has 0 unspecified atom stereocenters. The Morgan fingerprint density at radius 1 is 1.09 bits per heavy atom. The number of benzene rings is 2. The third kappa shape index (κ3) is 3.76. The number of nitrogens with two attached hydrogens (primary N) is 1. The van der Waals surface area contributed by atoms with Gasteiger partial charge in [-0.05, 0) is 67.5 Å². The van der Waals surface area contributed by atoms with Gasteiger partial charge in [-0.1, -0.05) is 29.8 Å². The van der Waals surface area contributed by atoms with Crippen LogP contribution in [0.1, 0.15) is 41.9 Å². The quantitative estimate of drug-likeness (QED) is 0.671. The molecule has 0 saturated heterocycles. The van der Waals surface area contributed by atoms with Crippen molar-refractivity contribution in [1.82, 2.24) is 0 Å². The van der Waals surface area contributed by atoms with E-state index in [1.807, 2.05) is 55.5 Å². The largest absolute Gasteiger partial charge is 0.496 e. The highest BCUT2D eigenvalue weighted by Crippen LogP contribution is 2.56. The molecule has 34 heavy (non-hydrogen) atoms. The van der Waals surface area contributed by atoms with Crippen molar-refractivity contribution in [2.45, 2.75) is 38.7 Å². The minimum Gasteiger partial charge on any atom is -0.496 e. The maximum absolute atomic E-state index is 10.2. The first-order valence-electron chi connectivity index (χ1n) is 11.3. The Bertz CT molecular complexity index is 1270. The molecule has 0 aromatic heterocycles. The topological polar surface area (TPSA) is 116 Å². The van der Waals surface area contributed by atoms with Crippen molar-refractivity contribution in [2.75, 3.05) is 7.11 Å². The molecule has 2 aromatic rings. The SMILES string of the molecule is COc1ccc([C@H]2[C@@H]3CCCC=C3C(C#N)=C(N)C2(C#N)C#N)cc1COc1ccc(C)cc1. The van der Waals surface area contributed by atoms with Crippen LogP contribution in [0.5, 0.6) is 11.5 Å². The van der Waals surface area contributed by atoms with Crippen molar-refractivity contribution in [3.8, 4) is 29.7 Å². The number of nitrogens with zero attached hydrogens (tertiary/aromatic N) is 3. The van der Waals surface area contributed by atoms with Gasteiger partial charge in [0.05, 0.1) is 30.5 Å². The van der Waals surface area contributed by atoms with Crippen molar-refractivity contribution in [3.63, 3.8) is 0 Å². The molecule has 2 aromatic carbocycles. The number of allylic oxidation sites excluding steroid dienone is 4. The molecule has 6 heteroatoms. The molecule has 0 bridgehead atoms. The summed E-state index contributed by atoms with van der Waals surface area (Å²) in [7, 11) is 1.60. The fourth-order valence-electron chi connectivity index (χ4n) is 5.15. The average Bonchev–Trinajstić information content (AvgIpc) is 2.87. The zero-order valence-electron chi connectivity index (χ0n) is 19.3. The molecule has 170 valence electrons. The number of hydrogen-bond acceptors (Lipinski definition) is 6. The van der Waals surface area contributed by atoms with E-state index in [4.69, 9.17) is 15.2 Å². The lowest BCUT2D eigenvalue weighted by atomic mass is 9.56. The van der Waals surface area contributed by atoms with Gasteiger partial charge in [-0.2, -0.15) is 15.8 Å². The summed E-state index contributed by atoms with van der Waals surface area (Å²) >= 11 is 0. The van der Waals surface area contributed by atoms with Crippen LogP contribution in [0.2, 0.25) is 0 Å². The van der Waals surface area contributed by atoms with Crippen LogP contribution in [-0.2, 0) is 6.61 Å². The Labute approximate surface area is 200 Å². The van der Waals surface area contributed by atoms with E-state index >= 15 is 0 Å². The highest BCUT2D eigenvalue weighted by atomic mass is 16.5. The second-order valence-corrected chi connectivity index (χ2v) is 8.78. The molecular formula is C28H26N4O2. The van der Waals surface area contributed by atoms with Crippen molar-refractivity contribution >= 4 is 0 Å². The van der Waals surface area contributed by atoms with Crippen LogP contribution >= 0.6 is 0 Å². The van der Waals surface area contributed by atoms with Crippen LogP contribution < -0.4 is 15.2 Å². The summed E-state index contributed by atoms with van der Waals surface area (Å²) in [5, 5.41) is 30.3. The van der Waals surface area contributed by atoms with E-state index in [0.717, 1.165) is 47.3 Å². The first-order chi connectivity index (χ1) is 16.5. The van der Waals surface area contributed by atoms with E-state index < -0.39 is 11.3 Å². The van der Waals surface area contributed by atoms with Crippen LogP contribution in [0.25, 0.3) is 0 Å². The molecule has 0 fully saturated rings. The molecule has 0 heterocycles. The van der Waals surface area contributed by atoms with Crippen LogP contribution in [0.4, 0.5) is 0 Å². The minimum atomic E-state index is -1.63. The number of rotatable bonds is 5. The van der Waals surface area contributed by atoms with Gasteiger partial charge >= 0.3 is 0 Å². The van der Waals surface area contributed by atoms with E-state index in [2.05, 4.69) is 18.2 Å². The second kappa shape index (κ2) is 9.34. The first kappa shape index (κ1) is 23.0. The summed E-state index contributed by atoms with van der Waals surface area (Å²) in [6, 6.07) is 20.0. The lowest BCUT2D eigenvalue weighted by Crippen LogP contribution is -2.42. The van der Waals surface area contributed by atoms with E-state index in [0.29, 0.717) is 5.75 Å². The molecule has 4 rings (SSSR count). The number of methoxy groups -OCH3 is 1. The predicted molar refractivity (Wildman–Crippen MR) is 127 cm³/mol. The van der Waals surface area contributed by atoms with Gasteiger partial charge in [0, 0.05) is 11.5 Å². The molecule has 6 nitrogen and oxygen atoms in total. The third-order valence-corrected chi connectivity index (χ3v) is 6.88. The Hall–Kier alpha value is -4.21. The lowest BCUT2D eigenvalue weighted by Gasteiger charge is -2.43. The van der Waals surface area contributed by atoms with Crippen LogP contribution in [-0.4, -0.2) is 7.11 Å². The van der Waals surface area contributed by atoms with E-state index in [-0.39, 0.29) is 23.8 Å². The van der Waals surface area contributed by atoms with Gasteiger partial charge in [0.2, 0.25) is 0 Å². The van der Waals surface area contributed by atoms with Crippen LogP contribution in [0.15, 0.2) is 65.4 Å². The normalized spacial score (nSPS) is 20.7. The minimum absolute atomic E-state index is 0.0441. The van der Waals surface area contributed by atoms with E-state index in [1.54, 1.807) is 7.11 Å². The fraction of sp³-hybridized carbons (Fsp3) is 0.321. The summed E-state index contributed by atoms with van der Waals surface area (Å²) < 4.78 is 11.6. The van der Waals surface area contributed by atoms with Gasteiger partial charge in [0.1, 0.15) is 24.2 Å². The van der Waals surface area contributed by atoms with E-state index in [1.165, 1.54) is 0 Å². The van der Waals surface area contributed by atoms with Crippen LogP contribution in [0.3, 0.4) is 0 Å². The Kier molecular flexibility index (Phi) is 6.31. The van der Waals surface area contributed by atoms with Crippen molar-refractivity contribution in [3.05, 3.63) is 82.1 Å². The standard InChI is InChI=1S/C28H26N4O2/c1-18-7-10-21(11-8-18)34-15-20-13-19(9-12-25(20)33-2)26-23-6-4-3-5-22(23)24(14-29)27(32)28(26,16-30)17-31/h5,7-13,23,26H,3-4,6,15,32H2,1-2H3/t23-,26+/m1/s1. The molecule has 0 amide bonds. The predicted octanol–water partition coefficient (Wildman–Crippen LogP) is 5.18. The number of nitriles is 3. The van der Waals surface area contributed by atoms with Gasteiger partial charge in [-0.3, -0.25) is 0 Å². The highest BCUT2D eigenvalue weighted by Gasteiger charge is 2.53. The highest BCUT2D eigenvalue weighted by molar-refractivity contribution is 5.59.